The van der Waals surface area contributed by atoms with E-state index in [1.807, 2.05) is 0 Å². The molecule has 2 rings (SSSR count). The van der Waals surface area contributed by atoms with Gasteiger partial charge in [-0.3, -0.25) is 0 Å². The molecule has 9 heavy (non-hydrogen) atoms. The van der Waals surface area contributed by atoms with Crippen LogP contribution in [0.3, 0.4) is 0 Å². The summed E-state index contributed by atoms with van der Waals surface area (Å²) in [6.07, 6.45) is 2.55. The number of hydrogen-bond donors (Lipinski definition) is 2. The van der Waals surface area contributed by atoms with Gasteiger partial charge in [0.1, 0.15) is 0 Å². The second-order valence-electron chi connectivity index (χ2n) is 3.47. The van der Waals surface area contributed by atoms with Crippen molar-refractivity contribution in [2.45, 2.75) is 31.8 Å². The molecule has 2 fully saturated rings. The van der Waals surface area contributed by atoms with Crippen LogP contribution in [0.15, 0.2) is 0 Å². The molecule has 0 aromatic rings. The Balaban J connectivity index is 2.12. The largest absolute Gasteiger partial charge is 0.327 e. The van der Waals surface area contributed by atoms with Gasteiger partial charge in [0.2, 0.25) is 0 Å². The number of hydrogen-bond acceptors (Lipinski definition) is 2. The van der Waals surface area contributed by atoms with Crippen LogP contribution in [-0.4, -0.2) is 18.6 Å². The average molecular weight is 126 g/mol. The van der Waals surface area contributed by atoms with Crippen molar-refractivity contribution in [3.63, 3.8) is 0 Å². The van der Waals surface area contributed by atoms with Gasteiger partial charge in [-0.15, -0.1) is 0 Å². The summed E-state index contributed by atoms with van der Waals surface area (Å²) < 4.78 is 0. The molecule has 2 aliphatic rings. The van der Waals surface area contributed by atoms with Gasteiger partial charge in [0.05, 0.1) is 0 Å². The first kappa shape index (κ1) is 5.69. The summed E-state index contributed by atoms with van der Waals surface area (Å²) in [5, 5.41) is 3.42. The lowest BCUT2D eigenvalue weighted by molar-refractivity contribution is 0.441. The van der Waals surface area contributed by atoms with Gasteiger partial charge < -0.3 is 11.1 Å². The smallest absolute Gasteiger partial charge is 0.0118 e. The third-order valence-corrected chi connectivity index (χ3v) is 3.08. The molecule has 0 amide bonds. The van der Waals surface area contributed by atoms with Crippen LogP contribution in [0.2, 0.25) is 0 Å². The molecule has 3 unspecified atom stereocenters. The van der Waals surface area contributed by atoms with E-state index in [-0.39, 0.29) is 0 Å². The van der Waals surface area contributed by atoms with Crippen molar-refractivity contribution in [2.24, 2.45) is 11.1 Å². The number of nitrogens with one attached hydrogen (secondary N) is 1. The summed E-state index contributed by atoms with van der Waals surface area (Å²) in [6.45, 7) is 3.43. The Hall–Kier alpha value is -0.0800. The SMILES string of the molecule is CC1NCCC12CC2N. The van der Waals surface area contributed by atoms with Crippen LogP contribution in [-0.2, 0) is 0 Å². The summed E-state index contributed by atoms with van der Waals surface area (Å²) in [7, 11) is 0. The van der Waals surface area contributed by atoms with Crippen molar-refractivity contribution < 1.29 is 0 Å². The zero-order chi connectivity index (χ0) is 6.48. The predicted molar refractivity (Wildman–Crippen MR) is 37.1 cm³/mol. The standard InChI is InChI=1S/C7H14N2/c1-5-7(2-3-9-5)4-6(7)8/h5-6,9H,2-4,8H2,1H3. The molecule has 1 aliphatic heterocycles. The topological polar surface area (TPSA) is 38.0 Å². The maximum Gasteiger partial charge on any atom is 0.0118 e. The van der Waals surface area contributed by atoms with Crippen LogP contribution in [0.25, 0.3) is 0 Å². The maximum atomic E-state index is 5.81. The predicted octanol–water partition coefficient (Wildman–Crippen LogP) is 0.0856. The summed E-state index contributed by atoms with van der Waals surface area (Å²) in [5.41, 5.74) is 6.34. The van der Waals surface area contributed by atoms with Gasteiger partial charge in [-0.1, -0.05) is 0 Å². The van der Waals surface area contributed by atoms with E-state index in [0.29, 0.717) is 17.5 Å². The molecule has 2 nitrogen and oxygen atoms in total. The minimum absolute atomic E-state index is 0.502. The van der Waals surface area contributed by atoms with E-state index in [9.17, 15) is 0 Å². The van der Waals surface area contributed by atoms with Crippen molar-refractivity contribution in [3.8, 4) is 0 Å². The van der Waals surface area contributed by atoms with Crippen molar-refractivity contribution in [2.75, 3.05) is 6.54 Å². The molecule has 1 spiro atoms. The fraction of sp³-hybridized carbons (Fsp3) is 1.00. The Morgan fingerprint density at radius 1 is 1.67 bits per heavy atom. The van der Waals surface area contributed by atoms with Crippen LogP contribution < -0.4 is 11.1 Å². The van der Waals surface area contributed by atoms with Gasteiger partial charge in [0, 0.05) is 17.5 Å². The zero-order valence-corrected chi connectivity index (χ0v) is 5.85. The van der Waals surface area contributed by atoms with Gasteiger partial charge in [-0.25, -0.2) is 0 Å². The van der Waals surface area contributed by atoms with E-state index < -0.39 is 0 Å². The van der Waals surface area contributed by atoms with Crippen LogP contribution in [0.1, 0.15) is 19.8 Å². The van der Waals surface area contributed by atoms with Crippen molar-refractivity contribution in [1.82, 2.24) is 5.32 Å². The summed E-state index contributed by atoms with van der Waals surface area (Å²) >= 11 is 0. The van der Waals surface area contributed by atoms with Crippen molar-refractivity contribution >= 4 is 0 Å². The normalized spacial score (nSPS) is 56.7. The van der Waals surface area contributed by atoms with Crippen LogP contribution in [0.4, 0.5) is 0 Å². The van der Waals surface area contributed by atoms with E-state index >= 15 is 0 Å². The van der Waals surface area contributed by atoms with E-state index in [0.717, 1.165) is 0 Å². The van der Waals surface area contributed by atoms with Gasteiger partial charge in [0.25, 0.3) is 0 Å². The first-order valence-electron chi connectivity index (χ1n) is 3.75. The highest BCUT2D eigenvalue weighted by atomic mass is 15.0. The fourth-order valence-electron chi connectivity index (χ4n) is 2.08. The van der Waals surface area contributed by atoms with Gasteiger partial charge >= 0.3 is 0 Å². The minimum Gasteiger partial charge on any atom is -0.327 e. The van der Waals surface area contributed by atoms with Crippen LogP contribution >= 0.6 is 0 Å². The molecule has 0 bridgehead atoms. The molecular formula is C7H14N2. The molecule has 1 saturated carbocycles. The Kier molecular flexibility index (Phi) is 0.945. The summed E-state index contributed by atoms with van der Waals surface area (Å²) in [6, 6.07) is 1.18. The summed E-state index contributed by atoms with van der Waals surface area (Å²) in [5.74, 6) is 0. The van der Waals surface area contributed by atoms with Crippen LogP contribution in [0, 0.1) is 5.41 Å². The first-order valence-corrected chi connectivity index (χ1v) is 3.75. The van der Waals surface area contributed by atoms with Crippen molar-refractivity contribution in [1.29, 1.82) is 0 Å². The molecule has 52 valence electrons. The Morgan fingerprint density at radius 3 is 2.56 bits per heavy atom. The van der Waals surface area contributed by atoms with E-state index in [1.54, 1.807) is 0 Å². The highest BCUT2D eigenvalue weighted by Crippen LogP contribution is 2.52. The Labute approximate surface area is 55.8 Å². The highest BCUT2D eigenvalue weighted by molar-refractivity contribution is 5.14. The Bertz CT molecular complexity index is 135. The molecule has 0 radical (unpaired) electrons. The molecule has 1 saturated heterocycles. The van der Waals surface area contributed by atoms with Crippen molar-refractivity contribution in [3.05, 3.63) is 0 Å². The lowest BCUT2D eigenvalue weighted by atomic mass is 9.98. The highest BCUT2D eigenvalue weighted by Gasteiger charge is 2.57. The molecule has 0 aromatic carbocycles. The van der Waals surface area contributed by atoms with E-state index in [2.05, 4.69) is 12.2 Å². The molecule has 1 aliphatic carbocycles. The Morgan fingerprint density at radius 2 is 2.33 bits per heavy atom. The molecule has 3 N–H and O–H groups in total. The maximum absolute atomic E-state index is 5.81. The van der Waals surface area contributed by atoms with Crippen LogP contribution in [0.5, 0.6) is 0 Å². The van der Waals surface area contributed by atoms with E-state index in [4.69, 9.17) is 5.73 Å². The molecule has 3 atom stereocenters. The average Bonchev–Trinajstić information content (AvgIpc) is 2.29. The summed E-state index contributed by atoms with van der Waals surface area (Å²) in [4.78, 5) is 0. The first-order chi connectivity index (χ1) is 4.26. The second-order valence-corrected chi connectivity index (χ2v) is 3.47. The molecule has 1 heterocycles. The molecule has 2 heteroatoms. The quantitative estimate of drug-likeness (QED) is 0.482. The van der Waals surface area contributed by atoms with Gasteiger partial charge in [0.15, 0.2) is 0 Å². The fourth-order valence-corrected chi connectivity index (χ4v) is 2.08. The van der Waals surface area contributed by atoms with E-state index in [1.165, 1.54) is 19.4 Å². The second kappa shape index (κ2) is 1.50. The minimum atomic E-state index is 0.502. The molecule has 0 aromatic heterocycles. The number of rotatable bonds is 0. The monoisotopic (exact) mass is 126 g/mol. The third kappa shape index (κ3) is 0.578. The van der Waals surface area contributed by atoms with Gasteiger partial charge in [-0.05, 0) is 26.3 Å². The molecular weight excluding hydrogens is 112 g/mol. The lowest BCUT2D eigenvalue weighted by Gasteiger charge is -2.12. The third-order valence-electron chi connectivity index (χ3n) is 3.08. The lowest BCUT2D eigenvalue weighted by Crippen LogP contribution is -2.28. The van der Waals surface area contributed by atoms with Gasteiger partial charge in [-0.2, -0.15) is 0 Å². The number of nitrogens with two attached hydrogens (primary N) is 1. The zero-order valence-electron chi connectivity index (χ0n) is 5.85.